The number of para-hydroxylation sites is 1. The van der Waals surface area contributed by atoms with E-state index < -0.39 is 0 Å². The van der Waals surface area contributed by atoms with Crippen LogP contribution in [0.2, 0.25) is 0 Å². The lowest BCUT2D eigenvalue weighted by Crippen LogP contribution is -2.25. The molecule has 0 aromatic heterocycles. The van der Waals surface area contributed by atoms with Gasteiger partial charge in [0.15, 0.2) is 0 Å². The quantitative estimate of drug-likeness (QED) is 0.726. The highest BCUT2D eigenvalue weighted by Crippen LogP contribution is 2.19. The summed E-state index contributed by atoms with van der Waals surface area (Å²) >= 11 is 0. The second kappa shape index (κ2) is 7.84. The van der Waals surface area contributed by atoms with Gasteiger partial charge in [-0.3, -0.25) is 4.79 Å². The fourth-order valence-corrected chi connectivity index (χ4v) is 1.71. The van der Waals surface area contributed by atoms with Crippen molar-refractivity contribution in [3.05, 3.63) is 29.3 Å². The molecule has 1 rings (SSSR count). The van der Waals surface area contributed by atoms with E-state index in [1.54, 1.807) is 7.11 Å². The minimum atomic E-state index is 0.0392. The Balaban J connectivity index is 2.36. The molecule has 0 heterocycles. The van der Waals surface area contributed by atoms with Gasteiger partial charge in [0.1, 0.15) is 0 Å². The number of carbonyl (C=O) groups excluding carboxylic acids is 1. The third-order valence-electron chi connectivity index (χ3n) is 2.76. The first-order valence-electron chi connectivity index (χ1n) is 6.21. The molecule has 0 saturated heterocycles. The van der Waals surface area contributed by atoms with Gasteiger partial charge < -0.3 is 15.4 Å². The molecule has 0 atom stereocenters. The van der Waals surface area contributed by atoms with Gasteiger partial charge in [-0.2, -0.15) is 0 Å². The summed E-state index contributed by atoms with van der Waals surface area (Å²) in [6.07, 6.45) is 0.470. The molecule has 0 aliphatic carbocycles. The Hall–Kier alpha value is -1.39. The lowest BCUT2D eigenvalue weighted by molar-refractivity contribution is -0.116. The topological polar surface area (TPSA) is 50.4 Å². The SMILES string of the molecule is COCCNCCC(=O)Nc1c(C)cccc1C. The molecule has 2 N–H and O–H groups in total. The van der Waals surface area contributed by atoms with Crippen molar-refractivity contribution in [2.24, 2.45) is 0 Å². The highest BCUT2D eigenvalue weighted by molar-refractivity contribution is 5.92. The highest BCUT2D eigenvalue weighted by atomic mass is 16.5. The molecule has 100 valence electrons. The largest absolute Gasteiger partial charge is 0.383 e. The lowest BCUT2D eigenvalue weighted by atomic mass is 10.1. The van der Waals surface area contributed by atoms with Gasteiger partial charge in [0.2, 0.25) is 5.91 Å². The van der Waals surface area contributed by atoms with Crippen molar-refractivity contribution in [2.75, 3.05) is 32.1 Å². The fourth-order valence-electron chi connectivity index (χ4n) is 1.71. The Morgan fingerprint density at radius 2 is 1.89 bits per heavy atom. The summed E-state index contributed by atoms with van der Waals surface area (Å²) in [5, 5.41) is 6.11. The molecule has 0 unspecified atom stereocenters. The van der Waals surface area contributed by atoms with Crippen LogP contribution in [0.5, 0.6) is 0 Å². The van der Waals surface area contributed by atoms with Gasteiger partial charge in [-0.1, -0.05) is 18.2 Å². The van der Waals surface area contributed by atoms with Gasteiger partial charge in [-0.05, 0) is 25.0 Å². The number of aryl methyl sites for hydroxylation is 2. The fraction of sp³-hybridized carbons (Fsp3) is 0.500. The molecule has 1 amide bonds. The monoisotopic (exact) mass is 250 g/mol. The van der Waals surface area contributed by atoms with E-state index in [9.17, 15) is 4.79 Å². The van der Waals surface area contributed by atoms with Crippen LogP contribution in [-0.4, -0.2) is 32.7 Å². The van der Waals surface area contributed by atoms with Crippen molar-refractivity contribution in [3.8, 4) is 0 Å². The number of hydrogen-bond acceptors (Lipinski definition) is 3. The zero-order chi connectivity index (χ0) is 13.4. The van der Waals surface area contributed by atoms with E-state index >= 15 is 0 Å². The van der Waals surface area contributed by atoms with Crippen LogP contribution in [0.25, 0.3) is 0 Å². The molecule has 4 heteroatoms. The maximum absolute atomic E-state index is 11.8. The lowest BCUT2D eigenvalue weighted by Gasteiger charge is -2.11. The van der Waals surface area contributed by atoms with Crippen LogP contribution in [0, 0.1) is 13.8 Å². The van der Waals surface area contributed by atoms with E-state index in [1.807, 2.05) is 32.0 Å². The maximum atomic E-state index is 11.8. The van der Waals surface area contributed by atoms with Crippen LogP contribution in [0.4, 0.5) is 5.69 Å². The summed E-state index contributed by atoms with van der Waals surface area (Å²) in [6.45, 7) is 6.10. The molecule has 1 aromatic carbocycles. The van der Waals surface area contributed by atoms with Crippen molar-refractivity contribution in [1.82, 2.24) is 5.32 Å². The number of carbonyl (C=O) groups is 1. The van der Waals surface area contributed by atoms with Gasteiger partial charge in [0, 0.05) is 32.3 Å². The number of benzene rings is 1. The van der Waals surface area contributed by atoms with E-state index in [2.05, 4.69) is 10.6 Å². The Bertz CT molecular complexity index is 371. The number of nitrogens with one attached hydrogen (secondary N) is 2. The summed E-state index contributed by atoms with van der Waals surface area (Å²) < 4.78 is 4.91. The summed E-state index contributed by atoms with van der Waals surface area (Å²) in [5.41, 5.74) is 3.12. The number of methoxy groups -OCH3 is 1. The summed E-state index contributed by atoms with van der Waals surface area (Å²) in [6, 6.07) is 5.99. The molecule has 0 saturated carbocycles. The molecular formula is C14H22N2O2. The van der Waals surface area contributed by atoms with Crippen LogP contribution in [-0.2, 0) is 9.53 Å². The predicted octanol–water partition coefficient (Wildman–Crippen LogP) is 1.87. The third-order valence-corrected chi connectivity index (χ3v) is 2.76. The van der Waals surface area contributed by atoms with Crippen molar-refractivity contribution >= 4 is 11.6 Å². The van der Waals surface area contributed by atoms with Gasteiger partial charge in [-0.25, -0.2) is 0 Å². The van der Waals surface area contributed by atoms with Crippen LogP contribution >= 0.6 is 0 Å². The molecule has 0 bridgehead atoms. The Labute approximate surface area is 109 Å². The maximum Gasteiger partial charge on any atom is 0.225 e. The standard InChI is InChI=1S/C14H22N2O2/c1-11-5-4-6-12(2)14(11)16-13(17)7-8-15-9-10-18-3/h4-6,15H,7-10H2,1-3H3,(H,16,17). The molecule has 4 nitrogen and oxygen atoms in total. The Morgan fingerprint density at radius 3 is 2.50 bits per heavy atom. The molecule has 0 radical (unpaired) electrons. The van der Waals surface area contributed by atoms with Crippen molar-refractivity contribution in [1.29, 1.82) is 0 Å². The molecule has 0 aliphatic rings. The van der Waals surface area contributed by atoms with Gasteiger partial charge in [0.25, 0.3) is 0 Å². The van der Waals surface area contributed by atoms with Crippen LogP contribution in [0.1, 0.15) is 17.5 Å². The van der Waals surface area contributed by atoms with Crippen molar-refractivity contribution in [3.63, 3.8) is 0 Å². The van der Waals surface area contributed by atoms with Crippen LogP contribution in [0.3, 0.4) is 0 Å². The zero-order valence-electron chi connectivity index (χ0n) is 11.4. The smallest absolute Gasteiger partial charge is 0.225 e. The van der Waals surface area contributed by atoms with Crippen molar-refractivity contribution in [2.45, 2.75) is 20.3 Å². The third kappa shape index (κ3) is 4.85. The van der Waals surface area contributed by atoms with E-state index in [0.717, 1.165) is 23.4 Å². The molecule has 18 heavy (non-hydrogen) atoms. The van der Waals surface area contributed by atoms with Gasteiger partial charge in [-0.15, -0.1) is 0 Å². The first-order chi connectivity index (χ1) is 8.65. The molecule has 0 spiro atoms. The molecular weight excluding hydrogens is 228 g/mol. The normalized spacial score (nSPS) is 10.4. The predicted molar refractivity (Wildman–Crippen MR) is 73.9 cm³/mol. The minimum Gasteiger partial charge on any atom is -0.383 e. The summed E-state index contributed by atoms with van der Waals surface area (Å²) in [5.74, 6) is 0.0392. The average Bonchev–Trinajstić information content (AvgIpc) is 2.34. The first kappa shape index (κ1) is 14.7. The van der Waals surface area contributed by atoms with E-state index in [1.165, 1.54) is 0 Å². The number of anilines is 1. The molecule has 0 aliphatic heterocycles. The minimum absolute atomic E-state index is 0.0392. The van der Waals surface area contributed by atoms with Crippen LogP contribution in [0.15, 0.2) is 18.2 Å². The number of hydrogen-bond donors (Lipinski definition) is 2. The Kier molecular flexibility index (Phi) is 6.39. The second-order valence-corrected chi connectivity index (χ2v) is 4.31. The van der Waals surface area contributed by atoms with Gasteiger partial charge >= 0.3 is 0 Å². The first-order valence-corrected chi connectivity index (χ1v) is 6.21. The molecule has 0 fully saturated rings. The summed E-state index contributed by atoms with van der Waals surface area (Å²) in [4.78, 5) is 11.8. The molecule has 1 aromatic rings. The van der Waals surface area contributed by atoms with E-state index in [-0.39, 0.29) is 5.91 Å². The van der Waals surface area contributed by atoms with E-state index in [4.69, 9.17) is 4.74 Å². The van der Waals surface area contributed by atoms with Crippen LogP contribution < -0.4 is 10.6 Å². The average molecular weight is 250 g/mol. The highest BCUT2D eigenvalue weighted by Gasteiger charge is 2.06. The zero-order valence-corrected chi connectivity index (χ0v) is 11.4. The second-order valence-electron chi connectivity index (χ2n) is 4.31. The Morgan fingerprint density at radius 1 is 1.22 bits per heavy atom. The van der Waals surface area contributed by atoms with E-state index in [0.29, 0.717) is 19.6 Å². The summed E-state index contributed by atoms with van der Waals surface area (Å²) in [7, 11) is 1.66. The number of amides is 1. The number of ether oxygens (including phenoxy) is 1. The van der Waals surface area contributed by atoms with Gasteiger partial charge in [0.05, 0.1) is 6.61 Å². The number of rotatable bonds is 7. The van der Waals surface area contributed by atoms with Crippen molar-refractivity contribution < 1.29 is 9.53 Å².